The zero-order valence-electron chi connectivity index (χ0n) is 15.0. The summed E-state index contributed by atoms with van der Waals surface area (Å²) in [6.07, 6.45) is 3.08. The molecule has 2 aliphatic heterocycles. The molecule has 3 rings (SSSR count). The van der Waals surface area contributed by atoms with Crippen LogP contribution in [-0.2, 0) is 14.3 Å². The van der Waals surface area contributed by atoms with Crippen molar-refractivity contribution in [1.82, 2.24) is 4.90 Å². The van der Waals surface area contributed by atoms with Gasteiger partial charge >= 0.3 is 0 Å². The number of carbonyl (C=O) groups is 1. The smallest absolute Gasteiger partial charge is 0.260 e. The highest BCUT2D eigenvalue weighted by Crippen LogP contribution is 2.40. The van der Waals surface area contributed by atoms with Crippen LogP contribution in [0, 0.1) is 5.41 Å². The maximum Gasteiger partial charge on any atom is 0.260 e. The molecule has 6 nitrogen and oxygen atoms in total. The van der Waals surface area contributed by atoms with Gasteiger partial charge in [0.1, 0.15) is 0 Å². The van der Waals surface area contributed by atoms with E-state index >= 15 is 0 Å². The van der Waals surface area contributed by atoms with Crippen LogP contribution in [0.4, 0.5) is 0 Å². The van der Waals surface area contributed by atoms with Gasteiger partial charge in [0.25, 0.3) is 5.91 Å². The van der Waals surface area contributed by atoms with Crippen molar-refractivity contribution >= 4 is 5.91 Å². The molecule has 2 fully saturated rings. The maximum absolute atomic E-state index is 12.7. The van der Waals surface area contributed by atoms with Crippen LogP contribution in [0.5, 0.6) is 11.5 Å². The summed E-state index contributed by atoms with van der Waals surface area (Å²) in [7, 11) is 3.30. The van der Waals surface area contributed by atoms with Gasteiger partial charge in [-0.3, -0.25) is 4.79 Å². The van der Waals surface area contributed by atoms with Crippen LogP contribution in [0.25, 0.3) is 0 Å². The Morgan fingerprint density at radius 3 is 2.88 bits per heavy atom. The van der Waals surface area contributed by atoms with Gasteiger partial charge in [-0.1, -0.05) is 12.1 Å². The molecule has 2 aliphatic rings. The summed E-state index contributed by atoms with van der Waals surface area (Å²) in [6.45, 7) is 2.80. The first kappa shape index (κ1) is 18.0. The Morgan fingerprint density at radius 2 is 2.12 bits per heavy atom. The lowest BCUT2D eigenvalue weighted by atomic mass is 9.73. The molecule has 0 N–H and O–H groups in total. The number of nitrogens with zero attached hydrogens (tertiary/aromatic N) is 1. The highest BCUT2D eigenvalue weighted by molar-refractivity contribution is 5.78. The van der Waals surface area contributed by atoms with E-state index in [1.807, 2.05) is 23.1 Å². The van der Waals surface area contributed by atoms with Crippen molar-refractivity contribution in [2.45, 2.75) is 25.4 Å². The van der Waals surface area contributed by atoms with E-state index in [2.05, 4.69) is 0 Å². The number of piperidine rings is 1. The minimum atomic E-state index is -0.0919. The number of amides is 1. The minimum Gasteiger partial charge on any atom is -0.493 e. The van der Waals surface area contributed by atoms with Crippen molar-refractivity contribution in [2.75, 3.05) is 47.1 Å². The number of methoxy groups -OCH3 is 2. The standard InChI is InChI=1S/C19H27NO5/c1-22-14-19-9-5-11-24-17(19)8-10-20(13-19)18(21)12-25-16-7-4-3-6-15(16)23-2/h3-4,6-7,17H,5,8-14H2,1-2H3/t17-,19-/m0/s1. The van der Waals surface area contributed by atoms with Gasteiger partial charge in [-0.05, 0) is 31.4 Å². The average Bonchev–Trinajstić information content (AvgIpc) is 2.65. The van der Waals surface area contributed by atoms with E-state index in [1.54, 1.807) is 20.3 Å². The van der Waals surface area contributed by atoms with Crippen molar-refractivity contribution in [1.29, 1.82) is 0 Å². The largest absolute Gasteiger partial charge is 0.493 e. The van der Waals surface area contributed by atoms with Gasteiger partial charge in [0.2, 0.25) is 0 Å². The van der Waals surface area contributed by atoms with Crippen molar-refractivity contribution in [2.24, 2.45) is 5.41 Å². The van der Waals surface area contributed by atoms with Crippen molar-refractivity contribution in [3.05, 3.63) is 24.3 Å². The zero-order chi connectivity index (χ0) is 17.7. The monoisotopic (exact) mass is 349 g/mol. The van der Waals surface area contributed by atoms with Crippen LogP contribution in [0.1, 0.15) is 19.3 Å². The molecule has 0 aromatic heterocycles. The fourth-order valence-electron chi connectivity index (χ4n) is 3.97. The van der Waals surface area contributed by atoms with Crippen LogP contribution in [0.15, 0.2) is 24.3 Å². The van der Waals surface area contributed by atoms with E-state index in [-0.39, 0.29) is 24.0 Å². The van der Waals surface area contributed by atoms with Crippen molar-refractivity contribution < 1.29 is 23.7 Å². The molecule has 0 aliphatic carbocycles. The third-order valence-corrected chi connectivity index (χ3v) is 5.19. The molecule has 0 radical (unpaired) electrons. The Kier molecular flexibility index (Phi) is 5.81. The molecule has 1 aromatic carbocycles. The molecule has 1 aromatic rings. The summed E-state index contributed by atoms with van der Waals surface area (Å²) >= 11 is 0. The lowest BCUT2D eigenvalue weighted by molar-refractivity contribution is -0.163. The number of carbonyl (C=O) groups excluding carboxylic acids is 1. The second kappa shape index (κ2) is 8.06. The first-order chi connectivity index (χ1) is 12.2. The minimum absolute atomic E-state index is 0.00888. The summed E-state index contributed by atoms with van der Waals surface area (Å²) in [5, 5.41) is 0. The summed E-state index contributed by atoms with van der Waals surface area (Å²) in [6, 6.07) is 7.36. The van der Waals surface area contributed by atoms with Crippen LogP contribution < -0.4 is 9.47 Å². The van der Waals surface area contributed by atoms with E-state index in [4.69, 9.17) is 18.9 Å². The molecule has 0 spiro atoms. The third kappa shape index (κ3) is 3.90. The van der Waals surface area contributed by atoms with Crippen LogP contribution >= 0.6 is 0 Å². The van der Waals surface area contributed by atoms with E-state index in [0.717, 1.165) is 25.9 Å². The molecule has 0 bridgehead atoms. The van der Waals surface area contributed by atoms with Gasteiger partial charge in [-0.25, -0.2) is 0 Å². The highest BCUT2D eigenvalue weighted by Gasteiger charge is 2.47. The Labute approximate surface area is 149 Å². The number of hydrogen-bond donors (Lipinski definition) is 0. The van der Waals surface area contributed by atoms with Gasteiger partial charge < -0.3 is 23.8 Å². The van der Waals surface area contributed by atoms with Gasteiger partial charge in [-0.15, -0.1) is 0 Å². The molecule has 2 heterocycles. The first-order valence-electron chi connectivity index (χ1n) is 8.83. The van der Waals surface area contributed by atoms with Crippen molar-refractivity contribution in [3.63, 3.8) is 0 Å². The lowest BCUT2D eigenvalue weighted by Gasteiger charge is -2.50. The molecule has 25 heavy (non-hydrogen) atoms. The average molecular weight is 349 g/mol. The molecule has 0 saturated carbocycles. The SMILES string of the molecule is COC[C@@]12CCCO[C@H]1CCN(C(=O)COc1ccccc1OC)C2. The van der Waals surface area contributed by atoms with Gasteiger partial charge in [0.05, 0.1) is 19.8 Å². The summed E-state index contributed by atoms with van der Waals surface area (Å²) in [5.41, 5.74) is -0.0919. The highest BCUT2D eigenvalue weighted by atomic mass is 16.5. The maximum atomic E-state index is 12.7. The quantitative estimate of drug-likeness (QED) is 0.787. The van der Waals surface area contributed by atoms with Gasteiger partial charge in [0, 0.05) is 32.2 Å². The van der Waals surface area contributed by atoms with Gasteiger partial charge in [0.15, 0.2) is 18.1 Å². The zero-order valence-corrected chi connectivity index (χ0v) is 15.0. The second-order valence-corrected chi connectivity index (χ2v) is 6.80. The number of ether oxygens (including phenoxy) is 4. The summed E-state index contributed by atoms with van der Waals surface area (Å²) in [4.78, 5) is 14.6. The van der Waals surface area contributed by atoms with E-state index in [1.165, 1.54) is 0 Å². The van der Waals surface area contributed by atoms with E-state index < -0.39 is 0 Å². The fraction of sp³-hybridized carbons (Fsp3) is 0.632. The molecule has 1 amide bonds. The van der Waals surface area contributed by atoms with E-state index in [9.17, 15) is 4.79 Å². The second-order valence-electron chi connectivity index (χ2n) is 6.80. The number of rotatable bonds is 6. The first-order valence-corrected chi connectivity index (χ1v) is 8.83. The molecule has 2 saturated heterocycles. The molecule has 138 valence electrons. The molecule has 6 heteroatoms. The van der Waals surface area contributed by atoms with Gasteiger partial charge in [-0.2, -0.15) is 0 Å². The normalized spacial score (nSPS) is 26.0. The summed E-state index contributed by atoms with van der Waals surface area (Å²) in [5.74, 6) is 1.21. The Bertz CT molecular complexity index is 589. The molecule has 2 atom stereocenters. The summed E-state index contributed by atoms with van der Waals surface area (Å²) < 4.78 is 22.4. The lowest BCUT2D eigenvalue weighted by Crippen LogP contribution is -2.58. The molecular formula is C19H27NO5. The number of likely N-dealkylation sites (tertiary alicyclic amines) is 1. The van der Waals surface area contributed by atoms with Crippen LogP contribution in [0.3, 0.4) is 0 Å². The fourth-order valence-corrected chi connectivity index (χ4v) is 3.97. The Balaban J connectivity index is 1.62. The number of benzene rings is 1. The Morgan fingerprint density at radius 1 is 1.32 bits per heavy atom. The number of hydrogen-bond acceptors (Lipinski definition) is 5. The molecular weight excluding hydrogens is 322 g/mol. The predicted octanol–water partition coefficient (Wildman–Crippen LogP) is 2.12. The molecule has 0 unspecified atom stereocenters. The van der Waals surface area contributed by atoms with Crippen LogP contribution in [0.2, 0.25) is 0 Å². The van der Waals surface area contributed by atoms with Crippen LogP contribution in [-0.4, -0.2) is 64.0 Å². The topological polar surface area (TPSA) is 57.2 Å². The van der Waals surface area contributed by atoms with Crippen molar-refractivity contribution in [3.8, 4) is 11.5 Å². The Hall–Kier alpha value is -1.79. The number of fused-ring (bicyclic) bond motifs is 1. The van der Waals surface area contributed by atoms with E-state index in [0.29, 0.717) is 31.2 Å². The predicted molar refractivity (Wildman–Crippen MR) is 93.0 cm³/mol. The third-order valence-electron chi connectivity index (χ3n) is 5.19. The number of para-hydroxylation sites is 2.